The van der Waals surface area contributed by atoms with E-state index in [1.807, 2.05) is 0 Å². The maximum absolute atomic E-state index is 11.2. The first-order valence-corrected chi connectivity index (χ1v) is 5.44. The minimum atomic E-state index is -1.74. The molecule has 19 heavy (non-hydrogen) atoms. The summed E-state index contributed by atoms with van der Waals surface area (Å²) in [6.07, 6.45) is -1.04. The number of aliphatic hydroxyl groups excluding tert-OH is 2. The van der Waals surface area contributed by atoms with Crippen LogP contribution in [0, 0.1) is 0 Å². The van der Waals surface area contributed by atoms with E-state index in [-0.39, 0.29) is 18.0 Å². The molecular formula is C11H14N2O6. The van der Waals surface area contributed by atoms with Gasteiger partial charge < -0.3 is 19.7 Å². The molecular weight excluding hydrogens is 256 g/mol. The predicted molar refractivity (Wildman–Crippen MR) is 61.0 cm³/mol. The van der Waals surface area contributed by atoms with Crippen LogP contribution in [0.1, 0.15) is 29.2 Å². The van der Waals surface area contributed by atoms with Gasteiger partial charge in [0.15, 0.2) is 6.10 Å². The largest absolute Gasteiger partial charge is 0.464 e. The van der Waals surface area contributed by atoms with Crippen molar-refractivity contribution in [1.82, 2.24) is 9.97 Å². The summed E-state index contributed by atoms with van der Waals surface area (Å²) in [5.74, 6) is -1.87. The Morgan fingerprint density at radius 3 is 2.37 bits per heavy atom. The summed E-state index contributed by atoms with van der Waals surface area (Å²) in [6, 6.07) is 0. The fraction of sp³-hybridized carbons (Fsp3) is 0.455. The minimum absolute atomic E-state index is 0.0770. The standard InChI is InChI=1S/C11H14N2O6/c1-3-19-10(16)8(15)7(14)6-4-12-9(13-5-6)11(17)18-2/h4-5,7-8,14-15H,3H2,1-2H3. The van der Waals surface area contributed by atoms with Gasteiger partial charge in [-0.05, 0) is 6.92 Å². The van der Waals surface area contributed by atoms with Gasteiger partial charge in [-0.25, -0.2) is 19.6 Å². The summed E-state index contributed by atoms with van der Waals surface area (Å²) in [7, 11) is 1.18. The normalized spacial score (nSPS) is 13.5. The highest BCUT2D eigenvalue weighted by Crippen LogP contribution is 2.16. The number of aromatic nitrogens is 2. The number of hydrogen-bond acceptors (Lipinski definition) is 8. The Balaban J connectivity index is 2.80. The Morgan fingerprint density at radius 2 is 1.89 bits per heavy atom. The van der Waals surface area contributed by atoms with Gasteiger partial charge >= 0.3 is 11.9 Å². The van der Waals surface area contributed by atoms with Gasteiger partial charge in [-0.1, -0.05) is 0 Å². The van der Waals surface area contributed by atoms with Crippen molar-refractivity contribution in [2.45, 2.75) is 19.1 Å². The number of carbonyl (C=O) groups excluding carboxylic acids is 2. The molecule has 8 nitrogen and oxygen atoms in total. The second-order valence-electron chi connectivity index (χ2n) is 3.47. The lowest BCUT2D eigenvalue weighted by atomic mass is 10.1. The van der Waals surface area contributed by atoms with Crippen LogP contribution in [0.25, 0.3) is 0 Å². The quantitative estimate of drug-likeness (QED) is 0.669. The molecule has 0 aliphatic heterocycles. The van der Waals surface area contributed by atoms with Gasteiger partial charge in [0, 0.05) is 18.0 Å². The smallest absolute Gasteiger partial charge is 0.376 e. The van der Waals surface area contributed by atoms with Gasteiger partial charge in [-0.3, -0.25) is 0 Å². The molecule has 0 amide bonds. The third kappa shape index (κ3) is 3.70. The summed E-state index contributed by atoms with van der Waals surface area (Å²) >= 11 is 0. The minimum Gasteiger partial charge on any atom is -0.464 e. The van der Waals surface area contributed by atoms with Crippen molar-refractivity contribution in [3.63, 3.8) is 0 Å². The lowest BCUT2D eigenvalue weighted by Gasteiger charge is -2.15. The lowest BCUT2D eigenvalue weighted by molar-refractivity contribution is -0.159. The second-order valence-corrected chi connectivity index (χ2v) is 3.47. The number of aliphatic hydroxyl groups is 2. The fourth-order valence-electron chi connectivity index (χ4n) is 1.23. The highest BCUT2D eigenvalue weighted by molar-refractivity contribution is 5.84. The van der Waals surface area contributed by atoms with Crippen LogP contribution in [0.15, 0.2) is 12.4 Å². The third-order valence-corrected chi connectivity index (χ3v) is 2.21. The molecule has 0 aromatic carbocycles. The van der Waals surface area contributed by atoms with Crippen LogP contribution in [0.4, 0.5) is 0 Å². The van der Waals surface area contributed by atoms with Crippen molar-refractivity contribution in [3.05, 3.63) is 23.8 Å². The van der Waals surface area contributed by atoms with E-state index in [9.17, 15) is 19.8 Å². The van der Waals surface area contributed by atoms with Crippen molar-refractivity contribution in [3.8, 4) is 0 Å². The van der Waals surface area contributed by atoms with Crippen molar-refractivity contribution in [1.29, 1.82) is 0 Å². The molecule has 0 fully saturated rings. The third-order valence-electron chi connectivity index (χ3n) is 2.21. The number of esters is 2. The van der Waals surface area contributed by atoms with Crippen LogP contribution in [0.3, 0.4) is 0 Å². The van der Waals surface area contributed by atoms with Gasteiger partial charge in [0.1, 0.15) is 6.10 Å². The molecule has 0 bridgehead atoms. The second kappa shape index (κ2) is 6.76. The maximum atomic E-state index is 11.2. The van der Waals surface area contributed by atoms with Crippen molar-refractivity contribution < 1.29 is 29.3 Å². The van der Waals surface area contributed by atoms with Gasteiger partial charge in [0.25, 0.3) is 0 Å². The molecule has 1 heterocycles. The van der Waals surface area contributed by atoms with Crippen molar-refractivity contribution >= 4 is 11.9 Å². The highest BCUT2D eigenvalue weighted by atomic mass is 16.5. The van der Waals surface area contributed by atoms with E-state index in [1.54, 1.807) is 6.92 Å². The van der Waals surface area contributed by atoms with Gasteiger partial charge in [-0.15, -0.1) is 0 Å². The summed E-state index contributed by atoms with van der Waals surface area (Å²) in [5, 5.41) is 19.2. The lowest BCUT2D eigenvalue weighted by Crippen LogP contribution is -2.30. The Bertz CT molecular complexity index is 447. The molecule has 2 unspecified atom stereocenters. The zero-order valence-corrected chi connectivity index (χ0v) is 10.4. The van der Waals surface area contributed by atoms with E-state index in [4.69, 9.17) is 0 Å². The van der Waals surface area contributed by atoms with E-state index >= 15 is 0 Å². The number of rotatable bonds is 5. The first-order valence-electron chi connectivity index (χ1n) is 5.44. The molecule has 0 saturated heterocycles. The average molecular weight is 270 g/mol. The molecule has 2 N–H and O–H groups in total. The Morgan fingerprint density at radius 1 is 1.32 bits per heavy atom. The van der Waals surface area contributed by atoms with Gasteiger partial charge in [-0.2, -0.15) is 0 Å². The van der Waals surface area contributed by atoms with Crippen LogP contribution >= 0.6 is 0 Å². The highest BCUT2D eigenvalue weighted by Gasteiger charge is 2.27. The molecule has 0 aliphatic carbocycles. The van der Waals surface area contributed by atoms with Gasteiger partial charge in [0.2, 0.25) is 5.82 Å². The van der Waals surface area contributed by atoms with E-state index < -0.39 is 24.1 Å². The summed E-state index contributed by atoms with van der Waals surface area (Å²) in [4.78, 5) is 29.6. The van der Waals surface area contributed by atoms with Crippen LogP contribution in [-0.4, -0.2) is 51.9 Å². The van der Waals surface area contributed by atoms with Crippen LogP contribution in [0.5, 0.6) is 0 Å². The topological polar surface area (TPSA) is 119 Å². The number of carbonyl (C=O) groups is 2. The first-order chi connectivity index (χ1) is 9.01. The monoisotopic (exact) mass is 270 g/mol. The van der Waals surface area contributed by atoms with Crippen LogP contribution < -0.4 is 0 Å². The number of nitrogens with zero attached hydrogens (tertiary/aromatic N) is 2. The number of ether oxygens (including phenoxy) is 2. The molecule has 2 atom stereocenters. The molecule has 0 aliphatic rings. The van der Waals surface area contributed by atoms with E-state index in [0.29, 0.717) is 0 Å². The van der Waals surface area contributed by atoms with Crippen LogP contribution in [0.2, 0.25) is 0 Å². The fourth-order valence-corrected chi connectivity index (χ4v) is 1.23. The summed E-state index contributed by atoms with van der Waals surface area (Å²) in [6.45, 7) is 1.66. The Kier molecular flexibility index (Phi) is 5.34. The van der Waals surface area contributed by atoms with Crippen molar-refractivity contribution in [2.75, 3.05) is 13.7 Å². The van der Waals surface area contributed by atoms with Crippen LogP contribution in [-0.2, 0) is 14.3 Å². The SMILES string of the molecule is CCOC(=O)C(O)C(O)c1cnc(C(=O)OC)nc1. The Hall–Kier alpha value is -2.06. The molecule has 0 spiro atoms. The summed E-state index contributed by atoms with van der Waals surface area (Å²) < 4.78 is 8.97. The van der Waals surface area contributed by atoms with E-state index in [1.165, 1.54) is 7.11 Å². The Labute approximate surface area is 109 Å². The van der Waals surface area contributed by atoms with Crippen molar-refractivity contribution in [2.24, 2.45) is 0 Å². The molecule has 1 rings (SSSR count). The summed E-state index contributed by atoms with van der Waals surface area (Å²) in [5.41, 5.74) is 0.0770. The zero-order chi connectivity index (χ0) is 14.4. The zero-order valence-electron chi connectivity index (χ0n) is 10.4. The van der Waals surface area contributed by atoms with E-state index in [0.717, 1.165) is 12.4 Å². The van der Waals surface area contributed by atoms with Gasteiger partial charge in [0.05, 0.1) is 13.7 Å². The molecule has 1 aromatic rings. The molecule has 0 saturated carbocycles. The average Bonchev–Trinajstić information content (AvgIpc) is 2.45. The molecule has 8 heteroatoms. The molecule has 0 radical (unpaired) electrons. The number of hydrogen-bond donors (Lipinski definition) is 2. The first kappa shape index (κ1) is 15.0. The molecule has 1 aromatic heterocycles. The van der Waals surface area contributed by atoms with E-state index in [2.05, 4.69) is 19.4 Å². The number of methoxy groups -OCH3 is 1. The maximum Gasteiger partial charge on any atom is 0.376 e. The predicted octanol–water partition coefficient (Wildman–Crippen LogP) is -0.779. The molecule has 104 valence electrons.